The Morgan fingerprint density at radius 3 is 2.50 bits per heavy atom. The van der Waals surface area contributed by atoms with Gasteiger partial charge in [0.25, 0.3) is 0 Å². The van der Waals surface area contributed by atoms with E-state index >= 15 is 0 Å². The van der Waals surface area contributed by atoms with Crippen LogP contribution >= 0.6 is 0 Å². The van der Waals surface area contributed by atoms with Gasteiger partial charge in [-0.1, -0.05) is 26.0 Å². The third kappa shape index (κ3) is 4.04. The number of hydrogen-bond donors (Lipinski definition) is 2. The highest BCUT2D eigenvalue weighted by molar-refractivity contribution is 5.97. The van der Waals surface area contributed by atoms with Crippen molar-refractivity contribution in [3.8, 4) is 0 Å². The first-order valence-electron chi connectivity index (χ1n) is 6.24. The molecule has 0 aliphatic heterocycles. The van der Waals surface area contributed by atoms with Gasteiger partial charge in [0.05, 0.1) is 17.4 Å². The molecule has 0 saturated carbocycles. The second-order valence-corrected chi connectivity index (χ2v) is 5.14. The zero-order chi connectivity index (χ0) is 13.7. The quantitative estimate of drug-likeness (QED) is 0.840. The number of para-hydroxylation sites is 2. The summed E-state index contributed by atoms with van der Waals surface area (Å²) in [5, 5.41) is 2.89. The Labute approximate surface area is 109 Å². The van der Waals surface area contributed by atoms with Gasteiger partial charge < -0.3 is 16.0 Å². The van der Waals surface area contributed by atoms with E-state index in [1.165, 1.54) is 0 Å². The van der Waals surface area contributed by atoms with Gasteiger partial charge in [0, 0.05) is 14.1 Å². The zero-order valence-corrected chi connectivity index (χ0v) is 11.6. The molecule has 1 atom stereocenters. The molecule has 100 valence electrons. The number of carbonyl (C=O) groups excluding carboxylic acids is 1. The summed E-state index contributed by atoms with van der Waals surface area (Å²) >= 11 is 0. The average Bonchev–Trinajstić information content (AvgIpc) is 2.28. The highest BCUT2D eigenvalue weighted by Gasteiger charge is 2.16. The lowest BCUT2D eigenvalue weighted by Crippen LogP contribution is -2.37. The fourth-order valence-electron chi connectivity index (χ4n) is 1.81. The molecule has 4 heteroatoms. The van der Waals surface area contributed by atoms with Crippen molar-refractivity contribution in [2.75, 3.05) is 24.3 Å². The smallest absolute Gasteiger partial charge is 0.241 e. The molecule has 1 amide bonds. The minimum Gasteiger partial charge on any atom is -0.376 e. The van der Waals surface area contributed by atoms with E-state index in [0.717, 1.165) is 11.4 Å². The topological polar surface area (TPSA) is 58.4 Å². The van der Waals surface area contributed by atoms with Gasteiger partial charge in [0.2, 0.25) is 5.91 Å². The minimum atomic E-state index is -0.458. The molecular formula is C14H23N3O. The van der Waals surface area contributed by atoms with Gasteiger partial charge in [-0.3, -0.25) is 4.79 Å². The highest BCUT2D eigenvalue weighted by atomic mass is 16.2. The molecule has 1 aromatic carbocycles. The van der Waals surface area contributed by atoms with Crippen molar-refractivity contribution in [2.24, 2.45) is 11.7 Å². The van der Waals surface area contributed by atoms with Crippen molar-refractivity contribution in [2.45, 2.75) is 26.3 Å². The molecule has 0 unspecified atom stereocenters. The number of benzene rings is 1. The molecule has 0 aliphatic carbocycles. The third-order valence-electron chi connectivity index (χ3n) is 2.71. The lowest BCUT2D eigenvalue weighted by atomic mass is 10.0. The highest BCUT2D eigenvalue weighted by Crippen LogP contribution is 2.23. The summed E-state index contributed by atoms with van der Waals surface area (Å²) in [5.74, 6) is 0.285. The van der Waals surface area contributed by atoms with Gasteiger partial charge in [0.15, 0.2) is 0 Å². The maximum absolute atomic E-state index is 12.0. The largest absolute Gasteiger partial charge is 0.376 e. The van der Waals surface area contributed by atoms with Crippen LogP contribution in [0.1, 0.15) is 20.3 Å². The predicted octanol–water partition coefficient (Wildman–Crippen LogP) is 2.06. The summed E-state index contributed by atoms with van der Waals surface area (Å²) in [6.45, 7) is 4.11. The normalized spacial score (nSPS) is 12.3. The van der Waals surface area contributed by atoms with Crippen LogP contribution in [0.3, 0.4) is 0 Å². The number of nitrogens with one attached hydrogen (secondary N) is 1. The van der Waals surface area contributed by atoms with Crippen molar-refractivity contribution in [1.29, 1.82) is 0 Å². The molecule has 0 spiro atoms. The number of carbonyl (C=O) groups is 1. The monoisotopic (exact) mass is 249 g/mol. The predicted molar refractivity (Wildman–Crippen MR) is 76.8 cm³/mol. The Morgan fingerprint density at radius 2 is 1.94 bits per heavy atom. The van der Waals surface area contributed by atoms with Gasteiger partial charge in [-0.15, -0.1) is 0 Å². The number of anilines is 2. The van der Waals surface area contributed by atoms with Crippen molar-refractivity contribution in [3.05, 3.63) is 24.3 Å². The lowest BCUT2D eigenvalue weighted by Gasteiger charge is -2.19. The number of nitrogens with two attached hydrogens (primary N) is 1. The zero-order valence-electron chi connectivity index (χ0n) is 11.6. The second kappa shape index (κ2) is 6.40. The van der Waals surface area contributed by atoms with Crippen LogP contribution < -0.4 is 16.0 Å². The van der Waals surface area contributed by atoms with E-state index in [1.54, 1.807) is 0 Å². The Morgan fingerprint density at radius 1 is 1.33 bits per heavy atom. The Balaban J connectivity index is 2.75. The molecule has 0 heterocycles. The Bertz CT molecular complexity index is 402. The van der Waals surface area contributed by atoms with Crippen LogP contribution in [0.15, 0.2) is 24.3 Å². The van der Waals surface area contributed by atoms with Gasteiger partial charge in [0.1, 0.15) is 0 Å². The van der Waals surface area contributed by atoms with Crippen LogP contribution in [-0.2, 0) is 4.79 Å². The molecule has 0 bridgehead atoms. The third-order valence-corrected chi connectivity index (χ3v) is 2.71. The molecule has 0 aromatic heterocycles. The molecule has 1 rings (SSSR count). The molecule has 3 N–H and O–H groups in total. The molecule has 4 nitrogen and oxygen atoms in total. The Hall–Kier alpha value is -1.55. The Kier molecular flexibility index (Phi) is 5.16. The van der Waals surface area contributed by atoms with Crippen LogP contribution in [0.2, 0.25) is 0 Å². The minimum absolute atomic E-state index is 0.127. The van der Waals surface area contributed by atoms with E-state index in [9.17, 15) is 4.79 Å². The van der Waals surface area contributed by atoms with Gasteiger partial charge in [-0.25, -0.2) is 0 Å². The number of nitrogens with zero attached hydrogens (tertiary/aromatic N) is 1. The molecule has 0 radical (unpaired) electrons. The second-order valence-electron chi connectivity index (χ2n) is 5.14. The van der Waals surface area contributed by atoms with E-state index in [1.807, 2.05) is 43.3 Å². The number of rotatable bonds is 5. The van der Waals surface area contributed by atoms with E-state index in [4.69, 9.17) is 5.73 Å². The van der Waals surface area contributed by atoms with Crippen LogP contribution in [-0.4, -0.2) is 26.0 Å². The molecule has 1 aromatic rings. The average molecular weight is 249 g/mol. The summed E-state index contributed by atoms with van der Waals surface area (Å²) in [5.41, 5.74) is 7.64. The fourth-order valence-corrected chi connectivity index (χ4v) is 1.81. The molecular weight excluding hydrogens is 226 g/mol. The van der Waals surface area contributed by atoms with Crippen LogP contribution in [0, 0.1) is 5.92 Å². The summed E-state index contributed by atoms with van der Waals surface area (Å²) in [6, 6.07) is 7.23. The van der Waals surface area contributed by atoms with E-state index in [-0.39, 0.29) is 5.91 Å². The summed E-state index contributed by atoms with van der Waals surface area (Å²) in [6.07, 6.45) is 0.690. The van der Waals surface area contributed by atoms with Crippen molar-refractivity contribution < 1.29 is 4.79 Å². The molecule has 0 fully saturated rings. The van der Waals surface area contributed by atoms with Gasteiger partial charge in [-0.2, -0.15) is 0 Å². The van der Waals surface area contributed by atoms with Crippen LogP contribution in [0.25, 0.3) is 0 Å². The maximum Gasteiger partial charge on any atom is 0.241 e. The SMILES string of the molecule is CC(C)C[C@H](N)C(=O)Nc1ccccc1N(C)C. The molecule has 18 heavy (non-hydrogen) atoms. The standard InChI is InChI=1S/C14H23N3O/c1-10(2)9-11(15)14(18)16-12-7-5-6-8-13(12)17(3)4/h5-8,10-11H,9,15H2,1-4H3,(H,16,18)/t11-/m0/s1. The van der Waals surface area contributed by atoms with E-state index < -0.39 is 6.04 Å². The van der Waals surface area contributed by atoms with Gasteiger partial charge in [-0.05, 0) is 24.5 Å². The first-order valence-corrected chi connectivity index (χ1v) is 6.24. The van der Waals surface area contributed by atoms with E-state index in [0.29, 0.717) is 12.3 Å². The van der Waals surface area contributed by atoms with Crippen LogP contribution in [0.5, 0.6) is 0 Å². The van der Waals surface area contributed by atoms with Crippen molar-refractivity contribution in [3.63, 3.8) is 0 Å². The number of hydrogen-bond acceptors (Lipinski definition) is 3. The first kappa shape index (κ1) is 14.5. The van der Waals surface area contributed by atoms with Crippen LogP contribution in [0.4, 0.5) is 11.4 Å². The molecule has 0 aliphatic rings. The fraction of sp³-hybridized carbons (Fsp3) is 0.500. The summed E-state index contributed by atoms with van der Waals surface area (Å²) < 4.78 is 0. The van der Waals surface area contributed by atoms with Gasteiger partial charge >= 0.3 is 0 Å². The number of amides is 1. The maximum atomic E-state index is 12.0. The first-order chi connectivity index (χ1) is 8.41. The summed E-state index contributed by atoms with van der Waals surface area (Å²) in [4.78, 5) is 13.9. The van der Waals surface area contributed by atoms with Crippen molar-refractivity contribution in [1.82, 2.24) is 0 Å². The summed E-state index contributed by atoms with van der Waals surface area (Å²) in [7, 11) is 3.89. The van der Waals surface area contributed by atoms with E-state index in [2.05, 4.69) is 19.2 Å². The molecule has 0 saturated heterocycles. The lowest BCUT2D eigenvalue weighted by molar-refractivity contribution is -0.117. The van der Waals surface area contributed by atoms with Crippen molar-refractivity contribution >= 4 is 17.3 Å².